The Bertz CT molecular complexity index is 637. The molecular weight excluding hydrogens is 300 g/mol. The van der Waals surface area contributed by atoms with Crippen molar-refractivity contribution in [2.75, 3.05) is 32.8 Å². The standard InChI is InChI=1S/C20H26N2O2/c1-2-24-20-14-18(8-9-19(20)23)16-22-12-10-21(11-13-22)15-17-6-4-3-5-7-17/h3-9,14,23H,2,10-13,15-16H2,1H3. The van der Waals surface area contributed by atoms with E-state index in [9.17, 15) is 5.11 Å². The molecule has 0 aliphatic carbocycles. The molecule has 0 atom stereocenters. The molecular formula is C20H26N2O2. The number of hydrogen-bond acceptors (Lipinski definition) is 4. The van der Waals surface area contributed by atoms with Crippen molar-refractivity contribution in [3.05, 3.63) is 59.7 Å². The van der Waals surface area contributed by atoms with Crippen LogP contribution in [0.2, 0.25) is 0 Å². The zero-order chi connectivity index (χ0) is 16.8. The van der Waals surface area contributed by atoms with Gasteiger partial charge in [-0.15, -0.1) is 0 Å². The Labute approximate surface area is 144 Å². The Morgan fingerprint density at radius 3 is 2.12 bits per heavy atom. The van der Waals surface area contributed by atoms with Gasteiger partial charge < -0.3 is 9.84 Å². The van der Waals surface area contributed by atoms with Gasteiger partial charge in [0.05, 0.1) is 6.61 Å². The van der Waals surface area contributed by atoms with Crippen LogP contribution in [0.3, 0.4) is 0 Å². The number of rotatable bonds is 6. The summed E-state index contributed by atoms with van der Waals surface area (Å²) < 4.78 is 5.47. The van der Waals surface area contributed by atoms with E-state index in [4.69, 9.17) is 4.74 Å². The third-order valence-electron chi connectivity index (χ3n) is 4.44. The van der Waals surface area contributed by atoms with Crippen molar-refractivity contribution in [2.45, 2.75) is 20.0 Å². The second kappa shape index (κ2) is 8.18. The fourth-order valence-electron chi connectivity index (χ4n) is 3.13. The van der Waals surface area contributed by atoms with E-state index < -0.39 is 0 Å². The third-order valence-corrected chi connectivity index (χ3v) is 4.44. The van der Waals surface area contributed by atoms with Crippen LogP contribution in [0.15, 0.2) is 48.5 Å². The number of benzene rings is 2. The summed E-state index contributed by atoms with van der Waals surface area (Å²) in [6.45, 7) is 8.74. The molecule has 24 heavy (non-hydrogen) atoms. The van der Waals surface area contributed by atoms with Crippen molar-refractivity contribution in [1.29, 1.82) is 0 Å². The predicted octanol–water partition coefficient (Wildman–Crippen LogP) is 3.11. The Balaban J connectivity index is 1.51. The van der Waals surface area contributed by atoms with Gasteiger partial charge in [-0.3, -0.25) is 9.80 Å². The second-order valence-corrected chi connectivity index (χ2v) is 6.27. The Hall–Kier alpha value is -2.04. The first-order chi connectivity index (χ1) is 11.7. The van der Waals surface area contributed by atoms with Crippen molar-refractivity contribution in [2.24, 2.45) is 0 Å². The summed E-state index contributed by atoms with van der Waals surface area (Å²) in [6.07, 6.45) is 0. The lowest BCUT2D eigenvalue weighted by atomic mass is 10.1. The highest BCUT2D eigenvalue weighted by Gasteiger charge is 2.17. The highest BCUT2D eigenvalue weighted by Crippen LogP contribution is 2.27. The molecule has 0 unspecified atom stereocenters. The molecule has 1 aliphatic rings. The molecule has 0 aromatic heterocycles. The molecule has 1 N–H and O–H groups in total. The van der Waals surface area contributed by atoms with E-state index in [1.54, 1.807) is 6.07 Å². The van der Waals surface area contributed by atoms with E-state index in [1.807, 2.05) is 19.1 Å². The van der Waals surface area contributed by atoms with Crippen molar-refractivity contribution < 1.29 is 9.84 Å². The monoisotopic (exact) mass is 326 g/mol. The maximum Gasteiger partial charge on any atom is 0.161 e. The molecule has 2 aromatic carbocycles. The first-order valence-corrected chi connectivity index (χ1v) is 8.68. The number of aromatic hydroxyl groups is 1. The van der Waals surface area contributed by atoms with Gasteiger partial charge in [-0.1, -0.05) is 36.4 Å². The first kappa shape index (κ1) is 16.8. The topological polar surface area (TPSA) is 35.9 Å². The SMILES string of the molecule is CCOc1cc(CN2CCN(Cc3ccccc3)CC2)ccc1O. The van der Waals surface area contributed by atoms with Crippen molar-refractivity contribution >= 4 is 0 Å². The predicted molar refractivity (Wildman–Crippen MR) is 96.3 cm³/mol. The minimum Gasteiger partial charge on any atom is -0.504 e. The van der Waals surface area contributed by atoms with E-state index in [0.29, 0.717) is 12.4 Å². The van der Waals surface area contributed by atoms with Gasteiger partial charge in [-0.25, -0.2) is 0 Å². The Morgan fingerprint density at radius 1 is 0.875 bits per heavy atom. The largest absolute Gasteiger partial charge is 0.504 e. The van der Waals surface area contributed by atoms with Crippen LogP contribution < -0.4 is 4.74 Å². The average Bonchev–Trinajstić information content (AvgIpc) is 2.61. The lowest BCUT2D eigenvalue weighted by Crippen LogP contribution is -2.45. The first-order valence-electron chi connectivity index (χ1n) is 8.68. The van der Waals surface area contributed by atoms with Crippen LogP contribution in [0.1, 0.15) is 18.1 Å². The molecule has 3 rings (SSSR count). The summed E-state index contributed by atoms with van der Waals surface area (Å²) in [7, 11) is 0. The highest BCUT2D eigenvalue weighted by molar-refractivity contribution is 5.41. The average molecular weight is 326 g/mol. The Morgan fingerprint density at radius 2 is 1.50 bits per heavy atom. The minimum absolute atomic E-state index is 0.216. The molecule has 0 amide bonds. The molecule has 1 fully saturated rings. The summed E-state index contributed by atoms with van der Waals surface area (Å²) in [5, 5.41) is 9.80. The fraction of sp³-hybridized carbons (Fsp3) is 0.400. The number of nitrogens with zero attached hydrogens (tertiary/aromatic N) is 2. The molecule has 2 aromatic rings. The van der Waals surface area contributed by atoms with E-state index in [0.717, 1.165) is 39.3 Å². The molecule has 1 aliphatic heterocycles. The lowest BCUT2D eigenvalue weighted by Gasteiger charge is -2.34. The Kier molecular flexibility index (Phi) is 5.72. The van der Waals surface area contributed by atoms with Gasteiger partial charge in [-0.05, 0) is 30.2 Å². The van der Waals surface area contributed by atoms with Crippen LogP contribution in [-0.4, -0.2) is 47.7 Å². The highest BCUT2D eigenvalue weighted by atomic mass is 16.5. The summed E-state index contributed by atoms with van der Waals surface area (Å²) >= 11 is 0. The molecule has 4 heteroatoms. The van der Waals surface area contributed by atoms with Crippen LogP contribution in [-0.2, 0) is 13.1 Å². The van der Waals surface area contributed by atoms with Crippen molar-refractivity contribution in [3.8, 4) is 11.5 Å². The molecule has 128 valence electrons. The van der Waals surface area contributed by atoms with Crippen molar-refractivity contribution in [1.82, 2.24) is 9.80 Å². The second-order valence-electron chi connectivity index (χ2n) is 6.27. The summed E-state index contributed by atoms with van der Waals surface area (Å²) in [5.41, 5.74) is 2.57. The van der Waals surface area contributed by atoms with E-state index in [1.165, 1.54) is 11.1 Å². The van der Waals surface area contributed by atoms with Gasteiger partial charge >= 0.3 is 0 Å². The normalized spacial score (nSPS) is 16.2. The van der Waals surface area contributed by atoms with Gasteiger partial charge in [0.2, 0.25) is 0 Å². The summed E-state index contributed by atoms with van der Waals surface area (Å²) in [6, 6.07) is 16.3. The molecule has 1 heterocycles. The molecule has 0 saturated carbocycles. The fourth-order valence-corrected chi connectivity index (χ4v) is 3.13. The zero-order valence-corrected chi connectivity index (χ0v) is 14.3. The van der Waals surface area contributed by atoms with E-state index in [-0.39, 0.29) is 5.75 Å². The number of phenols is 1. The molecule has 0 spiro atoms. The third kappa shape index (κ3) is 4.49. The maximum atomic E-state index is 9.80. The van der Waals surface area contributed by atoms with Gasteiger partial charge in [-0.2, -0.15) is 0 Å². The summed E-state index contributed by atoms with van der Waals surface area (Å²) in [5.74, 6) is 0.797. The van der Waals surface area contributed by atoms with E-state index in [2.05, 4.69) is 40.1 Å². The van der Waals surface area contributed by atoms with Gasteiger partial charge in [0, 0.05) is 39.3 Å². The number of ether oxygens (including phenoxy) is 1. The maximum absolute atomic E-state index is 9.80. The van der Waals surface area contributed by atoms with Crippen LogP contribution in [0.4, 0.5) is 0 Å². The minimum atomic E-state index is 0.216. The van der Waals surface area contributed by atoms with Crippen LogP contribution >= 0.6 is 0 Å². The number of phenolic OH excluding ortho intramolecular Hbond substituents is 1. The van der Waals surface area contributed by atoms with Crippen molar-refractivity contribution in [3.63, 3.8) is 0 Å². The van der Waals surface area contributed by atoms with E-state index >= 15 is 0 Å². The molecule has 0 radical (unpaired) electrons. The zero-order valence-electron chi connectivity index (χ0n) is 14.3. The van der Waals surface area contributed by atoms with Crippen LogP contribution in [0.25, 0.3) is 0 Å². The smallest absolute Gasteiger partial charge is 0.161 e. The number of hydrogen-bond donors (Lipinski definition) is 1. The van der Waals surface area contributed by atoms with Crippen LogP contribution in [0.5, 0.6) is 11.5 Å². The molecule has 4 nitrogen and oxygen atoms in total. The summed E-state index contributed by atoms with van der Waals surface area (Å²) in [4.78, 5) is 4.97. The molecule has 1 saturated heterocycles. The lowest BCUT2D eigenvalue weighted by molar-refractivity contribution is 0.122. The van der Waals surface area contributed by atoms with Crippen LogP contribution in [0, 0.1) is 0 Å². The quantitative estimate of drug-likeness (QED) is 0.885. The van der Waals surface area contributed by atoms with Gasteiger partial charge in [0.25, 0.3) is 0 Å². The molecule has 0 bridgehead atoms. The van der Waals surface area contributed by atoms with Gasteiger partial charge in [0.1, 0.15) is 0 Å². The number of piperazine rings is 1. The van der Waals surface area contributed by atoms with Gasteiger partial charge in [0.15, 0.2) is 11.5 Å².